The molecule has 0 saturated carbocycles. The van der Waals surface area contributed by atoms with Crippen LogP contribution in [0.5, 0.6) is 5.75 Å². The highest BCUT2D eigenvalue weighted by Gasteiger charge is 2.26. The fourth-order valence-electron chi connectivity index (χ4n) is 6.55. The van der Waals surface area contributed by atoms with Gasteiger partial charge in [-0.15, -0.1) is 0 Å². The molecule has 1 unspecified atom stereocenters. The van der Waals surface area contributed by atoms with E-state index in [0.29, 0.717) is 83.7 Å². The molecule has 2 amide bonds. The summed E-state index contributed by atoms with van der Waals surface area (Å²) in [5, 5.41) is 19.0. The first-order valence-electron chi connectivity index (χ1n) is 16.5. The molecule has 1 saturated heterocycles. The van der Waals surface area contributed by atoms with E-state index in [9.17, 15) is 14.4 Å². The van der Waals surface area contributed by atoms with Crippen molar-refractivity contribution < 1.29 is 24.2 Å². The van der Waals surface area contributed by atoms with Gasteiger partial charge in [-0.2, -0.15) is 0 Å². The molecule has 2 aliphatic heterocycles. The monoisotopic (exact) mass is 719 g/mol. The predicted octanol–water partition coefficient (Wildman–Crippen LogP) is 5.31. The van der Waals surface area contributed by atoms with Gasteiger partial charge in [-0.25, -0.2) is 4.98 Å². The predicted molar refractivity (Wildman–Crippen MR) is 192 cm³/mol. The number of hydrogen-bond donors (Lipinski definition) is 4. The molecule has 0 radical (unpaired) electrons. The molecule has 2 aliphatic rings. The highest BCUT2D eigenvalue weighted by molar-refractivity contribution is 6.39. The summed E-state index contributed by atoms with van der Waals surface area (Å²) in [6, 6.07) is 13.1. The van der Waals surface area contributed by atoms with Gasteiger partial charge in [-0.05, 0) is 37.6 Å². The van der Waals surface area contributed by atoms with Gasteiger partial charge < -0.3 is 30.4 Å². The van der Waals surface area contributed by atoms with Crippen LogP contribution in [-0.4, -0.2) is 75.1 Å². The smallest absolute Gasteiger partial charge is 0.303 e. The van der Waals surface area contributed by atoms with Crippen molar-refractivity contribution in [3.05, 3.63) is 81.5 Å². The van der Waals surface area contributed by atoms with Crippen LogP contribution in [0.3, 0.4) is 0 Å². The maximum absolute atomic E-state index is 13.5. The zero-order chi connectivity index (χ0) is 35.4. The topological polar surface area (TPSA) is 151 Å². The van der Waals surface area contributed by atoms with Gasteiger partial charge in [-0.3, -0.25) is 24.3 Å². The number of nitrogens with zero attached hydrogens (tertiary/aromatic N) is 4. The summed E-state index contributed by atoms with van der Waals surface area (Å²) in [4.78, 5) is 47.3. The molecule has 12 nitrogen and oxygen atoms in total. The first-order chi connectivity index (χ1) is 24.1. The lowest BCUT2D eigenvalue weighted by molar-refractivity contribution is -0.137. The Hall–Kier alpha value is -4.49. The van der Waals surface area contributed by atoms with E-state index >= 15 is 0 Å². The molecule has 0 aliphatic carbocycles. The number of carbonyl (C=O) groups excluding carboxylic acids is 2. The molecule has 2 aromatic carbocycles. The summed E-state index contributed by atoms with van der Waals surface area (Å²) in [7, 11) is 3.44. The normalized spacial score (nSPS) is 15.8. The van der Waals surface area contributed by atoms with Crippen molar-refractivity contribution >= 4 is 46.7 Å². The zero-order valence-corrected chi connectivity index (χ0v) is 29.4. The number of nitrogens with one attached hydrogen (secondary N) is 3. The third-order valence-electron chi connectivity index (χ3n) is 9.18. The number of ether oxygens (including phenoxy) is 1. The van der Waals surface area contributed by atoms with Gasteiger partial charge in [0.05, 0.1) is 34.2 Å². The van der Waals surface area contributed by atoms with Crippen LogP contribution in [0.2, 0.25) is 10.0 Å². The van der Waals surface area contributed by atoms with Crippen molar-refractivity contribution in [1.82, 2.24) is 30.1 Å². The van der Waals surface area contributed by atoms with E-state index in [2.05, 4.69) is 30.8 Å². The maximum Gasteiger partial charge on any atom is 0.303 e. The van der Waals surface area contributed by atoms with Crippen LogP contribution in [0.25, 0.3) is 22.4 Å². The molecular formula is C36H39Cl2N7O5. The number of halogens is 2. The Morgan fingerprint density at radius 1 is 1.12 bits per heavy atom. The van der Waals surface area contributed by atoms with E-state index in [1.807, 2.05) is 35.9 Å². The van der Waals surface area contributed by atoms with Gasteiger partial charge in [0.15, 0.2) is 5.82 Å². The van der Waals surface area contributed by atoms with E-state index in [-0.39, 0.29) is 24.2 Å². The molecular weight excluding hydrogens is 681 g/mol. The Labute approximate surface area is 300 Å². The van der Waals surface area contributed by atoms with Gasteiger partial charge >= 0.3 is 5.97 Å². The Kier molecular flexibility index (Phi) is 11.0. The van der Waals surface area contributed by atoms with Crippen molar-refractivity contribution in [2.75, 3.05) is 32.1 Å². The van der Waals surface area contributed by atoms with E-state index in [4.69, 9.17) is 33.0 Å². The third-order valence-corrected chi connectivity index (χ3v) is 9.97. The molecule has 14 heteroatoms. The first-order valence-corrected chi connectivity index (χ1v) is 17.3. The first kappa shape index (κ1) is 35.3. The van der Waals surface area contributed by atoms with Crippen LogP contribution in [-0.2, 0) is 36.1 Å². The van der Waals surface area contributed by atoms with Crippen LogP contribution in [0, 0.1) is 0 Å². The summed E-state index contributed by atoms with van der Waals surface area (Å²) < 4.78 is 7.52. The number of imidazole rings is 1. The van der Waals surface area contributed by atoms with Crippen LogP contribution in [0.1, 0.15) is 53.3 Å². The number of rotatable bonds is 13. The molecule has 4 aromatic rings. The Morgan fingerprint density at radius 2 is 1.94 bits per heavy atom. The van der Waals surface area contributed by atoms with E-state index in [0.717, 1.165) is 35.5 Å². The summed E-state index contributed by atoms with van der Waals surface area (Å²) in [6.45, 7) is 3.23. The number of fused-ring (bicyclic) bond motifs is 1. The van der Waals surface area contributed by atoms with Gasteiger partial charge in [0.25, 0.3) is 5.91 Å². The van der Waals surface area contributed by atoms with E-state index in [1.165, 1.54) is 0 Å². The van der Waals surface area contributed by atoms with Gasteiger partial charge in [-0.1, -0.05) is 47.5 Å². The molecule has 262 valence electrons. The van der Waals surface area contributed by atoms with Gasteiger partial charge in [0.2, 0.25) is 5.91 Å². The molecule has 1 atom stereocenters. The number of methoxy groups -OCH3 is 1. The van der Waals surface area contributed by atoms with E-state index in [1.54, 1.807) is 31.5 Å². The largest absolute Gasteiger partial charge is 0.496 e. The molecule has 2 aromatic heterocycles. The molecule has 0 spiro atoms. The Morgan fingerprint density at radius 3 is 2.70 bits per heavy atom. The van der Waals surface area contributed by atoms with Crippen LogP contribution < -0.4 is 20.7 Å². The number of carboxylic acids is 1. The third kappa shape index (κ3) is 7.78. The highest BCUT2D eigenvalue weighted by Crippen LogP contribution is 2.41. The van der Waals surface area contributed by atoms with Gasteiger partial charge in [0.1, 0.15) is 5.75 Å². The average molecular weight is 721 g/mol. The van der Waals surface area contributed by atoms with Gasteiger partial charge in [0, 0.05) is 92.7 Å². The number of aliphatic carboxylic acids is 1. The van der Waals surface area contributed by atoms with Crippen molar-refractivity contribution in [1.29, 1.82) is 0 Å². The second-order valence-electron chi connectivity index (χ2n) is 12.5. The van der Waals surface area contributed by atoms with Crippen LogP contribution >= 0.6 is 23.2 Å². The molecule has 0 bridgehead atoms. The number of benzene rings is 2. The summed E-state index contributed by atoms with van der Waals surface area (Å²) in [6.07, 6.45) is 4.45. The molecule has 4 heterocycles. The second kappa shape index (κ2) is 15.6. The van der Waals surface area contributed by atoms with Crippen molar-refractivity contribution in [2.24, 2.45) is 7.05 Å². The summed E-state index contributed by atoms with van der Waals surface area (Å²) in [5.74, 6) is -0.163. The lowest BCUT2D eigenvalue weighted by atomic mass is 10.0. The van der Waals surface area contributed by atoms with E-state index < -0.39 is 11.9 Å². The Balaban J connectivity index is 1.17. The lowest BCUT2D eigenvalue weighted by Crippen LogP contribution is -2.35. The number of hydrogen-bond acceptors (Lipinski definition) is 8. The van der Waals surface area contributed by atoms with Crippen LogP contribution in [0.4, 0.5) is 5.69 Å². The number of pyridine rings is 1. The molecule has 4 N–H and O–H groups in total. The fraction of sp³-hybridized carbons (Fsp3) is 0.361. The zero-order valence-electron chi connectivity index (χ0n) is 27.9. The second-order valence-corrected chi connectivity index (χ2v) is 13.3. The summed E-state index contributed by atoms with van der Waals surface area (Å²) >= 11 is 13.9. The minimum absolute atomic E-state index is 0.0899. The van der Waals surface area contributed by atoms with Crippen LogP contribution in [0.15, 0.2) is 48.7 Å². The SMILES string of the molecule is COc1cc(-c2nccc(-c3cccc(NC(=O)c4nc5c(n4C)CCN(CCCC(=O)O)C5)c3Cl)c2Cl)ccc1CNCC1CCC(=O)N1. The quantitative estimate of drug-likeness (QED) is 0.144. The lowest BCUT2D eigenvalue weighted by Gasteiger charge is -2.26. The minimum Gasteiger partial charge on any atom is -0.496 e. The van der Waals surface area contributed by atoms with Crippen molar-refractivity contribution in [3.8, 4) is 28.1 Å². The Bertz CT molecular complexity index is 1930. The number of amides is 2. The summed E-state index contributed by atoms with van der Waals surface area (Å²) in [5.41, 5.74) is 5.77. The molecule has 1 fully saturated rings. The molecule has 50 heavy (non-hydrogen) atoms. The minimum atomic E-state index is -0.807. The number of aromatic nitrogens is 3. The average Bonchev–Trinajstić information content (AvgIpc) is 3.67. The maximum atomic E-state index is 13.5. The van der Waals surface area contributed by atoms with Crippen molar-refractivity contribution in [2.45, 2.75) is 51.2 Å². The molecule has 6 rings (SSSR count). The number of carboxylic acid groups (broad SMARTS) is 1. The number of anilines is 1. The highest BCUT2D eigenvalue weighted by atomic mass is 35.5. The standard InChI is InChI=1S/C36H39Cl2N7O5/c1-44-28-13-16-45(15-4-7-31(47)48)20-27(28)42-35(44)36(49)43-26-6-3-5-24(32(26)37)25-12-14-40-34(33(25)38)21-8-9-22(29(17-21)50-2)18-39-19-23-10-11-30(46)41-23/h3,5-6,8-9,12,14,17,23,39H,4,7,10-11,13,15-16,18-20H2,1-2H3,(H,41,46)(H,43,49)(H,47,48). The van der Waals surface area contributed by atoms with Crippen molar-refractivity contribution in [3.63, 3.8) is 0 Å². The number of carbonyl (C=O) groups is 3. The fourth-order valence-corrected chi connectivity index (χ4v) is 7.14.